The zero-order chi connectivity index (χ0) is 19.0. The summed E-state index contributed by atoms with van der Waals surface area (Å²) in [4.78, 5) is 27.9. The van der Waals surface area contributed by atoms with Crippen LogP contribution in [0.1, 0.15) is 57.1 Å². The molecule has 2 saturated heterocycles. The molecule has 0 radical (unpaired) electrons. The van der Waals surface area contributed by atoms with Gasteiger partial charge in [-0.15, -0.1) is 0 Å². The van der Waals surface area contributed by atoms with Gasteiger partial charge in [0.05, 0.1) is 0 Å². The van der Waals surface area contributed by atoms with Gasteiger partial charge in [-0.25, -0.2) is 0 Å². The molecule has 2 N–H and O–H groups in total. The van der Waals surface area contributed by atoms with Gasteiger partial charge in [0.15, 0.2) is 0 Å². The van der Waals surface area contributed by atoms with Gasteiger partial charge in [-0.05, 0) is 42.7 Å². The number of nitrogens with one attached hydrogen (secondary N) is 2. The Hall–Kier alpha value is -1.88. The molecule has 2 fully saturated rings. The van der Waals surface area contributed by atoms with Crippen molar-refractivity contribution >= 4 is 11.8 Å². The summed E-state index contributed by atoms with van der Waals surface area (Å²) in [7, 11) is 0. The second kappa shape index (κ2) is 7.63. The maximum atomic E-state index is 13.2. The number of hydrogen-bond acceptors (Lipinski definition) is 3. The summed E-state index contributed by atoms with van der Waals surface area (Å²) in [6.45, 7) is 4.64. The van der Waals surface area contributed by atoms with Gasteiger partial charge in [0.2, 0.25) is 11.8 Å². The number of rotatable bonds is 4. The molecule has 146 valence electrons. The number of benzene rings is 1. The van der Waals surface area contributed by atoms with Gasteiger partial charge in [0.25, 0.3) is 0 Å². The molecule has 5 nitrogen and oxygen atoms in total. The zero-order valence-corrected chi connectivity index (χ0v) is 16.4. The van der Waals surface area contributed by atoms with Crippen molar-refractivity contribution in [1.82, 2.24) is 15.5 Å². The van der Waals surface area contributed by atoms with Gasteiger partial charge < -0.3 is 15.5 Å². The van der Waals surface area contributed by atoms with Crippen LogP contribution in [0.25, 0.3) is 0 Å². The molecule has 3 heterocycles. The van der Waals surface area contributed by atoms with Crippen LogP contribution in [0.3, 0.4) is 0 Å². The Bertz CT molecular complexity index is 705. The molecule has 3 atom stereocenters. The van der Waals surface area contributed by atoms with E-state index in [0.717, 1.165) is 12.8 Å². The first-order valence-electron chi connectivity index (χ1n) is 10.4. The summed E-state index contributed by atoms with van der Waals surface area (Å²) in [6, 6.07) is 9.11. The third-order valence-corrected chi connectivity index (χ3v) is 6.27. The molecule has 3 aliphatic heterocycles. The first kappa shape index (κ1) is 18.5. The van der Waals surface area contributed by atoms with Crippen LogP contribution in [0, 0.1) is 5.92 Å². The van der Waals surface area contributed by atoms with E-state index in [1.54, 1.807) is 0 Å². The second-order valence-corrected chi connectivity index (χ2v) is 8.92. The predicted octanol–water partition coefficient (Wildman–Crippen LogP) is 2.39. The SMILES string of the molecule is CC(C)CC(=O)N1Cc2ccccc2CC1C(=O)NC1CC2CCC(C1)N2. The lowest BCUT2D eigenvalue weighted by Crippen LogP contribution is -2.56. The quantitative estimate of drug-likeness (QED) is 0.857. The first-order valence-corrected chi connectivity index (χ1v) is 10.4. The van der Waals surface area contributed by atoms with E-state index in [9.17, 15) is 9.59 Å². The van der Waals surface area contributed by atoms with Crippen LogP contribution in [0.5, 0.6) is 0 Å². The van der Waals surface area contributed by atoms with Crippen molar-refractivity contribution in [3.63, 3.8) is 0 Å². The van der Waals surface area contributed by atoms with Crippen molar-refractivity contribution in [1.29, 1.82) is 0 Å². The standard InChI is InChI=1S/C22H31N3O2/c1-14(2)9-21(26)25-13-16-6-4-3-5-15(16)10-20(25)22(27)24-19-11-17-7-8-18(12-19)23-17/h3-6,14,17-20,23H,7-13H2,1-2H3,(H,24,27). The molecule has 0 spiro atoms. The fourth-order valence-corrected chi connectivity index (χ4v) is 4.96. The summed E-state index contributed by atoms with van der Waals surface area (Å²) in [5, 5.41) is 6.90. The number of hydrogen-bond donors (Lipinski definition) is 2. The first-order chi connectivity index (χ1) is 13.0. The Kier molecular flexibility index (Phi) is 5.22. The Morgan fingerprint density at radius 2 is 1.81 bits per heavy atom. The fraction of sp³-hybridized carbons (Fsp3) is 0.636. The number of amides is 2. The van der Waals surface area contributed by atoms with Crippen molar-refractivity contribution < 1.29 is 9.59 Å². The summed E-state index contributed by atoms with van der Waals surface area (Å²) >= 11 is 0. The molecule has 27 heavy (non-hydrogen) atoms. The lowest BCUT2D eigenvalue weighted by molar-refractivity contribution is -0.142. The highest BCUT2D eigenvalue weighted by molar-refractivity contribution is 5.88. The van der Waals surface area contributed by atoms with Crippen molar-refractivity contribution in [3.05, 3.63) is 35.4 Å². The van der Waals surface area contributed by atoms with Gasteiger partial charge in [-0.2, -0.15) is 0 Å². The molecular formula is C22H31N3O2. The van der Waals surface area contributed by atoms with Gasteiger partial charge >= 0.3 is 0 Å². The Balaban J connectivity index is 1.50. The van der Waals surface area contributed by atoms with Crippen LogP contribution in [-0.2, 0) is 22.6 Å². The van der Waals surface area contributed by atoms with Crippen LogP contribution in [-0.4, -0.2) is 40.9 Å². The normalized spacial score (nSPS) is 29.5. The van der Waals surface area contributed by atoms with E-state index in [1.807, 2.05) is 17.0 Å². The number of fused-ring (bicyclic) bond motifs is 3. The maximum absolute atomic E-state index is 13.2. The van der Waals surface area contributed by atoms with Crippen LogP contribution in [0.4, 0.5) is 0 Å². The zero-order valence-electron chi connectivity index (χ0n) is 16.4. The number of nitrogens with zero attached hydrogens (tertiary/aromatic N) is 1. The maximum Gasteiger partial charge on any atom is 0.243 e. The van der Waals surface area contributed by atoms with E-state index in [0.29, 0.717) is 37.4 Å². The van der Waals surface area contributed by atoms with Gasteiger partial charge in [-0.1, -0.05) is 38.1 Å². The molecule has 3 aliphatic rings. The minimum absolute atomic E-state index is 0.0212. The molecular weight excluding hydrogens is 338 g/mol. The van der Waals surface area contributed by atoms with E-state index in [1.165, 1.54) is 24.0 Å². The lowest BCUT2D eigenvalue weighted by Gasteiger charge is -2.38. The minimum Gasteiger partial charge on any atom is -0.351 e. The molecule has 4 rings (SSSR count). The molecule has 1 aromatic rings. The summed E-state index contributed by atoms with van der Waals surface area (Å²) in [5.41, 5.74) is 2.36. The van der Waals surface area contributed by atoms with Crippen molar-refractivity contribution in [2.24, 2.45) is 5.92 Å². The molecule has 0 aromatic heterocycles. The Morgan fingerprint density at radius 3 is 2.48 bits per heavy atom. The highest BCUT2D eigenvalue weighted by atomic mass is 16.2. The fourth-order valence-electron chi connectivity index (χ4n) is 4.96. The number of carbonyl (C=O) groups is 2. The van der Waals surface area contributed by atoms with Crippen LogP contribution < -0.4 is 10.6 Å². The summed E-state index contributed by atoms with van der Waals surface area (Å²) < 4.78 is 0. The van der Waals surface area contributed by atoms with E-state index < -0.39 is 6.04 Å². The van der Waals surface area contributed by atoms with Crippen LogP contribution >= 0.6 is 0 Å². The lowest BCUT2D eigenvalue weighted by atomic mass is 9.92. The topological polar surface area (TPSA) is 61.4 Å². The van der Waals surface area contributed by atoms with E-state index in [4.69, 9.17) is 0 Å². The van der Waals surface area contributed by atoms with E-state index in [-0.39, 0.29) is 17.9 Å². The largest absolute Gasteiger partial charge is 0.351 e. The van der Waals surface area contributed by atoms with Gasteiger partial charge in [0, 0.05) is 37.5 Å². The molecule has 2 bridgehead atoms. The van der Waals surface area contributed by atoms with Crippen LogP contribution in [0.2, 0.25) is 0 Å². The van der Waals surface area contributed by atoms with Gasteiger partial charge in [-0.3, -0.25) is 9.59 Å². The molecule has 0 aliphatic carbocycles. The Morgan fingerprint density at radius 1 is 1.15 bits per heavy atom. The molecule has 0 saturated carbocycles. The third kappa shape index (κ3) is 4.03. The van der Waals surface area contributed by atoms with Crippen LogP contribution in [0.15, 0.2) is 24.3 Å². The second-order valence-electron chi connectivity index (χ2n) is 8.92. The number of carbonyl (C=O) groups excluding carboxylic acids is 2. The van der Waals surface area contributed by atoms with Crippen molar-refractivity contribution in [2.45, 2.75) is 83.1 Å². The highest BCUT2D eigenvalue weighted by Crippen LogP contribution is 2.28. The average molecular weight is 370 g/mol. The average Bonchev–Trinajstić information content (AvgIpc) is 2.98. The number of piperidine rings is 1. The van der Waals surface area contributed by atoms with Gasteiger partial charge in [0.1, 0.15) is 6.04 Å². The molecule has 3 unspecified atom stereocenters. The van der Waals surface area contributed by atoms with E-state index >= 15 is 0 Å². The summed E-state index contributed by atoms with van der Waals surface area (Å²) in [5.74, 6) is 0.399. The minimum atomic E-state index is -0.390. The highest BCUT2D eigenvalue weighted by Gasteiger charge is 2.38. The van der Waals surface area contributed by atoms with E-state index in [2.05, 4.69) is 36.6 Å². The monoisotopic (exact) mass is 369 g/mol. The summed E-state index contributed by atoms with van der Waals surface area (Å²) in [6.07, 6.45) is 5.55. The predicted molar refractivity (Wildman–Crippen MR) is 105 cm³/mol. The molecule has 1 aromatic carbocycles. The molecule has 2 amide bonds. The van der Waals surface area contributed by atoms with Crippen molar-refractivity contribution in [2.75, 3.05) is 0 Å². The third-order valence-electron chi connectivity index (χ3n) is 6.27. The smallest absolute Gasteiger partial charge is 0.243 e. The molecule has 5 heteroatoms. The van der Waals surface area contributed by atoms with Crippen molar-refractivity contribution in [3.8, 4) is 0 Å². The Labute approximate surface area is 161 Å².